The highest BCUT2D eigenvalue weighted by Gasteiger charge is 2.04. The van der Waals surface area contributed by atoms with Gasteiger partial charge in [-0.1, -0.05) is 18.2 Å². The number of aromatic hydroxyl groups is 1. The Hall–Kier alpha value is -1.57. The maximum absolute atomic E-state index is 9.49. The summed E-state index contributed by atoms with van der Waals surface area (Å²) in [6.45, 7) is 0. The highest BCUT2D eigenvalue weighted by Crippen LogP contribution is 2.21. The molecule has 0 atom stereocenters. The molecular formula is C10H9NO. The highest BCUT2D eigenvalue weighted by molar-refractivity contribution is 5.83. The fraction of sp³-hybridized carbons (Fsp3) is 0.100. The molecule has 0 aromatic heterocycles. The number of rotatable bonds is 0. The zero-order valence-corrected chi connectivity index (χ0v) is 6.57. The number of aliphatic imine (C=N–C) groups is 1. The molecule has 0 bridgehead atoms. The lowest BCUT2D eigenvalue weighted by Crippen LogP contribution is -1.89. The van der Waals surface area contributed by atoms with E-state index in [0.717, 1.165) is 17.5 Å². The molecule has 1 aliphatic rings. The van der Waals surface area contributed by atoms with Gasteiger partial charge in [0.1, 0.15) is 5.75 Å². The standard InChI is InChI=1S/C10H9NO/c12-10-5-1-3-8-7-11-6-2-4-9(8)10/h1-3,5-7,12H,4H2. The second-order valence-corrected chi connectivity index (χ2v) is 2.71. The fourth-order valence-electron chi connectivity index (χ4n) is 1.29. The smallest absolute Gasteiger partial charge is 0.119 e. The fourth-order valence-corrected chi connectivity index (χ4v) is 1.29. The number of benzene rings is 1. The third-order valence-electron chi connectivity index (χ3n) is 1.91. The molecule has 0 saturated carbocycles. The quantitative estimate of drug-likeness (QED) is 0.616. The van der Waals surface area contributed by atoms with E-state index in [4.69, 9.17) is 0 Å². The Bertz CT molecular complexity index is 353. The van der Waals surface area contributed by atoms with Crippen molar-refractivity contribution in [3.05, 3.63) is 41.6 Å². The minimum atomic E-state index is 0.352. The highest BCUT2D eigenvalue weighted by atomic mass is 16.3. The molecule has 60 valence electrons. The van der Waals surface area contributed by atoms with Crippen molar-refractivity contribution < 1.29 is 5.11 Å². The average Bonchev–Trinajstić information content (AvgIpc) is 2.30. The average molecular weight is 159 g/mol. The predicted molar refractivity (Wildman–Crippen MR) is 48.5 cm³/mol. The lowest BCUT2D eigenvalue weighted by Gasteiger charge is -2.03. The molecule has 12 heavy (non-hydrogen) atoms. The third kappa shape index (κ3) is 1.11. The molecule has 0 radical (unpaired) electrons. The van der Waals surface area contributed by atoms with Gasteiger partial charge in [0.05, 0.1) is 0 Å². The molecule has 2 rings (SSSR count). The topological polar surface area (TPSA) is 32.6 Å². The minimum absolute atomic E-state index is 0.352. The van der Waals surface area contributed by atoms with E-state index in [9.17, 15) is 5.11 Å². The number of phenolic OH excluding ortho intramolecular Hbond substituents is 1. The van der Waals surface area contributed by atoms with Gasteiger partial charge in [-0.3, -0.25) is 4.99 Å². The van der Waals surface area contributed by atoms with Crippen LogP contribution in [0.5, 0.6) is 5.75 Å². The molecule has 2 heteroatoms. The van der Waals surface area contributed by atoms with Gasteiger partial charge in [0.2, 0.25) is 0 Å². The first-order valence-corrected chi connectivity index (χ1v) is 3.87. The zero-order valence-electron chi connectivity index (χ0n) is 6.57. The molecule has 0 amide bonds. The van der Waals surface area contributed by atoms with E-state index in [-0.39, 0.29) is 0 Å². The van der Waals surface area contributed by atoms with Crippen LogP contribution in [0.2, 0.25) is 0 Å². The Labute approximate surface area is 70.9 Å². The Kier molecular flexibility index (Phi) is 1.67. The summed E-state index contributed by atoms with van der Waals surface area (Å²) >= 11 is 0. The lowest BCUT2D eigenvalue weighted by molar-refractivity contribution is 0.469. The van der Waals surface area contributed by atoms with Crippen molar-refractivity contribution in [2.24, 2.45) is 4.99 Å². The van der Waals surface area contributed by atoms with Crippen molar-refractivity contribution in [1.82, 2.24) is 0 Å². The van der Waals surface area contributed by atoms with E-state index >= 15 is 0 Å². The van der Waals surface area contributed by atoms with E-state index in [1.807, 2.05) is 18.2 Å². The summed E-state index contributed by atoms with van der Waals surface area (Å²) < 4.78 is 0. The minimum Gasteiger partial charge on any atom is -0.508 e. The van der Waals surface area contributed by atoms with Crippen molar-refractivity contribution in [2.75, 3.05) is 0 Å². The summed E-state index contributed by atoms with van der Waals surface area (Å²) in [4.78, 5) is 4.04. The summed E-state index contributed by atoms with van der Waals surface area (Å²) in [6.07, 6.45) is 6.20. The van der Waals surface area contributed by atoms with Gasteiger partial charge in [0.15, 0.2) is 0 Å². The zero-order chi connectivity index (χ0) is 8.39. The molecule has 0 unspecified atom stereocenters. The number of hydrogen-bond acceptors (Lipinski definition) is 2. The number of phenols is 1. The van der Waals surface area contributed by atoms with Gasteiger partial charge < -0.3 is 5.11 Å². The van der Waals surface area contributed by atoms with Crippen LogP contribution in [0.1, 0.15) is 11.1 Å². The summed E-state index contributed by atoms with van der Waals surface area (Å²) in [5, 5.41) is 9.49. The third-order valence-corrected chi connectivity index (χ3v) is 1.91. The second kappa shape index (κ2) is 2.81. The monoisotopic (exact) mass is 159 g/mol. The maximum Gasteiger partial charge on any atom is 0.119 e. The predicted octanol–water partition coefficient (Wildman–Crippen LogP) is 1.88. The second-order valence-electron chi connectivity index (χ2n) is 2.71. The Morgan fingerprint density at radius 2 is 2.25 bits per heavy atom. The lowest BCUT2D eigenvalue weighted by atomic mass is 10.0. The molecule has 0 saturated heterocycles. The number of hydrogen-bond donors (Lipinski definition) is 1. The Morgan fingerprint density at radius 1 is 1.33 bits per heavy atom. The molecule has 1 aromatic carbocycles. The maximum atomic E-state index is 9.49. The van der Waals surface area contributed by atoms with Crippen LogP contribution in [0.4, 0.5) is 0 Å². The van der Waals surface area contributed by atoms with E-state index in [2.05, 4.69) is 4.99 Å². The van der Waals surface area contributed by atoms with Gasteiger partial charge in [0, 0.05) is 18.0 Å². The van der Waals surface area contributed by atoms with Gasteiger partial charge in [-0.25, -0.2) is 0 Å². The molecular weight excluding hydrogens is 150 g/mol. The van der Waals surface area contributed by atoms with Crippen molar-refractivity contribution in [2.45, 2.75) is 6.42 Å². The van der Waals surface area contributed by atoms with Crippen molar-refractivity contribution in [1.29, 1.82) is 0 Å². The van der Waals surface area contributed by atoms with Crippen LogP contribution in [-0.2, 0) is 6.42 Å². The van der Waals surface area contributed by atoms with Crippen LogP contribution < -0.4 is 0 Å². The summed E-state index contributed by atoms with van der Waals surface area (Å²) in [6, 6.07) is 5.48. The summed E-state index contributed by atoms with van der Waals surface area (Å²) in [5.41, 5.74) is 1.95. The molecule has 1 N–H and O–H groups in total. The van der Waals surface area contributed by atoms with E-state index in [0.29, 0.717) is 5.75 Å². The Morgan fingerprint density at radius 3 is 3.17 bits per heavy atom. The van der Waals surface area contributed by atoms with Crippen molar-refractivity contribution in [3.63, 3.8) is 0 Å². The molecule has 1 aliphatic heterocycles. The molecule has 0 fully saturated rings. The normalized spacial score (nSPS) is 14.0. The van der Waals surface area contributed by atoms with Gasteiger partial charge in [-0.2, -0.15) is 0 Å². The summed E-state index contributed by atoms with van der Waals surface area (Å²) in [7, 11) is 0. The number of allylic oxidation sites excluding steroid dienone is 1. The van der Waals surface area contributed by atoms with Crippen LogP contribution in [0.15, 0.2) is 35.5 Å². The number of fused-ring (bicyclic) bond motifs is 1. The van der Waals surface area contributed by atoms with Gasteiger partial charge in [-0.05, 0) is 18.1 Å². The van der Waals surface area contributed by atoms with Crippen LogP contribution in [0, 0.1) is 0 Å². The Balaban J connectivity index is 2.59. The SMILES string of the molecule is Oc1cccc2c1CC=CN=C2. The van der Waals surface area contributed by atoms with Crippen molar-refractivity contribution in [3.8, 4) is 5.75 Å². The van der Waals surface area contributed by atoms with Gasteiger partial charge in [-0.15, -0.1) is 0 Å². The van der Waals surface area contributed by atoms with Gasteiger partial charge in [0.25, 0.3) is 0 Å². The first kappa shape index (κ1) is 7.10. The van der Waals surface area contributed by atoms with Crippen LogP contribution in [0.25, 0.3) is 0 Å². The van der Waals surface area contributed by atoms with Crippen LogP contribution in [-0.4, -0.2) is 11.3 Å². The molecule has 0 aliphatic carbocycles. The number of nitrogens with zero attached hydrogens (tertiary/aromatic N) is 1. The van der Waals surface area contributed by atoms with Crippen LogP contribution in [0.3, 0.4) is 0 Å². The molecule has 2 nitrogen and oxygen atoms in total. The summed E-state index contributed by atoms with van der Waals surface area (Å²) in [5.74, 6) is 0.352. The van der Waals surface area contributed by atoms with E-state index in [1.165, 1.54) is 0 Å². The molecule has 1 aromatic rings. The van der Waals surface area contributed by atoms with Gasteiger partial charge >= 0.3 is 0 Å². The largest absolute Gasteiger partial charge is 0.508 e. The van der Waals surface area contributed by atoms with E-state index < -0.39 is 0 Å². The molecule has 1 heterocycles. The first-order chi connectivity index (χ1) is 5.88. The van der Waals surface area contributed by atoms with Crippen molar-refractivity contribution >= 4 is 6.21 Å². The molecule has 0 spiro atoms. The van der Waals surface area contributed by atoms with Crippen LogP contribution >= 0.6 is 0 Å². The van der Waals surface area contributed by atoms with E-state index in [1.54, 1.807) is 18.5 Å². The first-order valence-electron chi connectivity index (χ1n) is 3.87.